The number of carboxylic acids is 1. The number of rotatable bonds is 5. The summed E-state index contributed by atoms with van der Waals surface area (Å²) in [6.45, 7) is 1.79. The number of thioether (sulfide) groups is 1. The van der Waals surface area contributed by atoms with E-state index in [1.54, 1.807) is 6.92 Å². The average molecular weight is 244 g/mol. The standard InChI is InChI=1S/C10H12O5S/c1-6(2-10(13)14)16-5-7-3-8(11)9(12)4-15-7/h3-4,6,12H,2,5H2,1H3,(H,13,14). The lowest BCUT2D eigenvalue weighted by Crippen LogP contribution is -2.06. The third kappa shape index (κ3) is 3.98. The molecule has 0 aliphatic rings. The topological polar surface area (TPSA) is 87.7 Å². The van der Waals surface area contributed by atoms with Crippen molar-refractivity contribution in [3.8, 4) is 5.75 Å². The molecular weight excluding hydrogens is 232 g/mol. The molecule has 1 rings (SSSR count). The fourth-order valence-electron chi connectivity index (χ4n) is 1.05. The van der Waals surface area contributed by atoms with Gasteiger partial charge in [0.1, 0.15) is 12.0 Å². The average Bonchev–Trinajstić information content (AvgIpc) is 2.19. The van der Waals surface area contributed by atoms with Gasteiger partial charge in [-0.25, -0.2) is 0 Å². The predicted molar refractivity (Wildman–Crippen MR) is 59.7 cm³/mol. The molecule has 88 valence electrons. The molecule has 0 fully saturated rings. The Morgan fingerprint density at radius 1 is 1.62 bits per heavy atom. The monoisotopic (exact) mass is 244 g/mol. The first kappa shape index (κ1) is 12.6. The molecular formula is C10H12O5S. The van der Waals surface area contributed by atoms with Gasteiger partial charge >= 0.3 is 5.97 Å². The van der Waals surface area contributed by atoms with E-state index in [0.29, 0.717) is 11.5 Å². The zero-order valence-corrected chi connectivity index (χ0v) is 9.49. The molecule has 6 heteroatoms. The molecule has 0 amide bonds. The van der Waals surface area contributed by atoms with Crippen LogP contribution in [-0.2, 0) is 10.5 Å². The second-order valence-corrected chi connectivity index (χ2v) is 4.74. The van der Waals surface area contributed by atoms with E-state index in [4.69, 9.17) is 14.6 Å². The van der Waals surface area contributed by atoms with Crippen molar-refractivity contribution in [2.24, 2.45) is 0 Å². The van der Waals surface area contributed by atoms with E-state index in [1.807, 2.05) is 0 Å². The first-order valence-electron chi connectivity index (χ1n) is 4.63. The largest absolute Gasteiger partial charge is 0.502 e. The molecule has 0 spiro atoms. The van der Waals surface area contributed by atoms with E-state index in [1.165, 1.54) is 17.8 Å². The highest BCUT2D eigenvalue weighted by Gasteiger charge is 2.09. The van der Waals surface area contributed by atoms with Crippen LogP contribution in [0.3, 0.4) is 0 Å². The molecule has 0 saturated carbocycles. The molecule has 1 atom stereocenters. The quantitative estimate of drug-likeness (QED) is 0.814. The molecule has 0 radical (unpaired) electrons. The van der Waals surface area contributed by atoms with Crippen LogP contribution in [0.25, 0.3) is 0 Å². The van der Waals surface area contributed by atoms with Gasteiger partial charge in [-0.05, 0) is 0 Å². The molecule has 0 saturated heterocycles. The first-order chi connectivity index (χ1) is 7.49. The molecule has 1 aromatic rings. The summed E-state index contributed by atoms with van der Waals surface area (Å²) in [6.07, 6.45) is 1.05. The lowest BCUT2D eigenvalue weighted by atomic mass is 10.3. The molecule has 5 nitrogen and oxygen atoms in total. The van der Waals surface area contributed by atoms with Crippen LogP contribution in [-0.4, -0.2) is 21.4 Å². The Bertz CT molecular complexity index is 425. The molecule has 0 aliphatic carbocycles. The Labute approximate surface area is 96.1 Å². The fraction of sp³-hybridized carbons (Fsp3) is 0.400. The second-order valence-electron chi connectivity index (χ2n) is 3.32. The highest BCUT2D eigenvalue weighted by molar-refractivity contribution is 7.99. The minimum absolute atomic E-state index is 0.0587. The lowest BCUT2D eigenvalue weighted by molar-refractivity contribution is -0.136. The molecule has 0 bridgehead atoms. The molecule has 0 aliphatic heterocycles. The smallest absolute Gasteiger partial charge is 0.304 e. The van der Waals surface area contributed by atoms with E-state index in [9.17, 15) is 9.59 Å². The van der Waals surface area contributed by atoms with Gasteiger partial charge in [0.05, 0.1) is 12.2 Å². The van der Waals surface area contributed by atoms with Crippen LogP contribution < -0.4 is 5.43 Å². The van der Waals surface area contributed by atoms with Gasteiger partial charge in [0.2, 0.25) is 5.43 Å². The SMILES string of the molecule is CC(CC(=O)O)SCc1cc(=O)c(O)co1. The van der Waals surface area contributed by atoms with Gasteiger partial charge in [-0.1, -0.05) is 6.92 Å². The van der Waals surface area contributed by atoms with Crippen LogP contribution in [0.1, 0.15) is 19.1 Å². The zero-order valence-electron chi connectivity index (χ0n) is 8.67. The minimum Gasteiger partial charge on any atom is -0.502 e. The zero-order chi connectivity index (χ0) is 12.1. The summed E-state index contributed by atoms with van der Waals surface area (Å²) >= 11 is 1.38. The van der Waals surface area contributed by atoms with Crippen molar-refractivity contribution in [1.82, 2.24) is 0 Å². The van der Waals surface area contributed by atoms with Crippen molar-refractivity contribution >= 4 is 17.7 Å². The van der Waals surface area contributed by atoms with Crippen molar-refractivity contribution in [3.63, 3.8) is 0 Å². The van der Waals surface area contributed by atoms with Crippen molar-refractivity contribution in [1.29, 1.82) is 0 Å². The van der Waals surface area contributed by atoms with E-state index >= 15 is 0 Å². The van der Waals surface area contributed by atoms with Crippen LogP contribution in [0.2, 0.25) is 0 Å². The Hall–Kier alpha value is -1.43. The lowest BCUT2D eigenvalue weighted by Gasteiger charge is -2.07. The van der Waals surface area contributed by atoms with E-state index in [2.05, 4.69) is 0 Å². The Morgan fingerprint density at radius 3 is 2.88 bits per heavy atom. The minimum atomic E-state index is -0.854. The Morgan fingerprint density at radius 2 is 2.31 bits per heavy atom. The van der Waals surface area contributed by atoms with Gasteiger partial charge in [0, 0.05) is 11.3 Å². The first-order valence-corrected chi connectivity index (χ1v) is 5.68. The molecule has 2 N–H and O–H groups in total. The van der Waals surface area contributed by atoms with Crippen molar-refractivity contribution in [3.05, 3.63) is 28.3 Å². The summed E-state index contributed by atoms with van der Waals surface area (Å²) in [5, 5.41) is 17.4. The number of carbonyl (C=O) groups is 1. The number of aromatic hydroxyl groups is 1. The Balaban J connectivity index is 2.51. The van der Waals surface area contributed by atoms with E-state index in [-0.39, 0.29) is 11.7 Å². The van der Waals surface area contributed by atoms with Crippen LogP contribution in [0.4, 0.5) is 0 Å². The number of aliphatic carboxylic acids is 1. The number of hydrogen-bond acceptors (Lipinski definition) is 5. The van der Waals surface area contributed by atoms with Gasteiger partial charge in [-0.2, -0.15) is 11.8 Å². The van der Waals surface area contributed by atoms with Crippen LogP contribution in [0, 0.1) is 0 Å². The van der Waals surface area contributed by atoms with Crippen molar-refractivity contribution < 1.29 is 19.4 Å². The summed E-state index contributed by atoms with van der Waals surface area (Å²) < 4.78 is 4.98. The van der Waals surface area contributed by atoms with Crippen LogP contribution in [0.15, 0.2) is 21.5 Å². The molecule has 1 heterocycles. The normalized spacial score (nSPS) is 12.3. The number of hydrogen-bond donors (Lipinski definition) is 2. The van der Waals surface area contributed by atoms with Crippen molar-refractivity contribution in [2.75, 3.05) is 0 Å². The molecule has 16 heavy (non-hydrogen) atoms. The van der Waals surface area contributed by atoms with Gasteiger partial charge in [0.15, 0.2) is 5.75 Å². The highest BCUT2D eigenvalue weighted by Crippen LogP contribution is 2.19. The summed E-state index contributed by atoms with van der Waals surface area (Å²) in [5.74, 6) is -0.450. The maximum absolute atomic E-state index is 11.0. The van der Waals surface area contributed by atoms with E-state index < -0.39 is 17.1 Å². The molecule has 1 unspecified atom stereocenters. The molecule has 1 aromatic heterocycles. The van der Waals surface area contributed by atoms with Gasteiger partial charge in [-0.3, -0.25) is 9.59 Å². The second kappa shape index (κ2) is 5.60. The maximum atomic E-state index is 11.0. The predicted octanol–water partition coefficient (Wildman–Crippen LogP) is 1.44. The molecule has 0 aromatic carbocycles. The summed E-state index contributed by atoms with van der Waals surface area (Å²) in [7, 11) is 0. The van der Waals surface area contributed by atoms with Gasteiger partial charge < -0.3 is 14.6 Å². The summed E-state index contributed by atoms with van der Waals surface area (Å²) in [4.78, 5) is 21.4. The van der Waals surface area contributed by atoms with E-state index in [0.717, 1.165) is 6.26 Å². The van der Waals surface area contributed by atoms with Crippen LogP contribution >= 0.6 is 11.8 Å². The van der Waals surface area contributed by atoms with Crippen LogP contribution in [0.5, 0.6) is 5.75 Å². The Kier molecular flexibility index (Phi) is 4.42. The van der Waals surface area contributed by atoms with Crippen molar-refractivity contribution in [2.45, 2.75) is 24.3 Å². The maximum Gasteiger partial charge on any atom is 0.304 e. The summed E-state index contributed by atoms with van der Waals surface area (Å²) in [6, 6.07) is 1.20. The van der Waals surface area contributed by atoms with Gasteiger partial charge in [0.25, 0.3) is 0 Å². The van der Waals surface area contributed by atoms with Gasteiger partial charge in [-0.15, -0.1) is 0 Å². The summed E-state index contributed by atoms with van der Waals surface area (Å²) in [5.41, 5.74) is -0.493. The third-order valence-electron chi connectivity index (χ3n) is 1.84. The third-order valence-corrected chi connectivity index (χ3v) is 3.03. The highest BCUT2D eigenvalue weighted by atomic mass is 32.2. The number of carboxylic acid groups (broad SMARTS) is 1. The fourth-order valence-corrected chi connectivity index (χ4v) is 1.91.